The van der Waals surface area contributed by atoms with Crippen LogP contribution in [0, 0.1) is 0 Å². The number of nitrogens with one attached hydrogen (secondary N) is 1. The molecule has 0 aromatic carbocycles. The third-order valence-electron chi connectivity index (χ3n) is 2.19. The van der Waals surface area contributed by atoms with Gasteiger partial charge in [-0.15, -0.1) is 0 Å². The molecule has 15 heavy (non-hydrogen) atoms. The minimum Gasteiger partial charge on any atom is -0.388 e. The lowest BCUT2D eigenvalue weighted by molar-refractivity contribution is 0.0844. The van der Waals surface area contributed by atoms with Crippen LogP contribution in [0.4, 0.5) is 0 Å². The van der Waals surface area contributed by atoms with Crippen LogP contribution < -0.4 is 5.32 Å². The van der Waals surface area contributed by atoms with Gasteiger partial charge in [-0.1, -0.05) is 0 Å². The van der Waals surface area contributed by atoms with Crippen molar-refractivity contribution < 1.29 is 5.11 Å². The van der Waals surface area contributed by atoms with Crippen LogP contribution in [-0.4, -0.2) is 39.0 Å². The maximum atomic E-state index is 9.91. The lowest BCUT2D eigenvalue weighted by atomic mass is 10.1. The Labute approximate surface area is 95.1 Å². The van der Waals surface area contributed by atoms with Gasteiger partial charge in [-0.05, 0) is 19.2 Å². The molecule has 0 saturated heterocycles. The molecule has 0 amide bonds. The van der Waals surface area contributed by atoms with Crippen molar-refractivity contribution in [2.24, 2.45) is 7.05 Å². The van der Waals surface area contributed by atoms with Crippen molar-refractivity contribution in [3.05, 3.63) is 18.0 Å². The zero-order chi connectivity index (χ0) is 11.3. The highest BCUT2D eigenvalue weighted by Gasteiger charge is 2.18. The molecule has 2 N–H and O–H groups in total. The van der Waals surface area contributed by atoms with Crippen LogP contribution in [0.3, 0.4) is 0 Å². The van der Waals surface area contributed by atoms with Gasteiger partial charge in [-0.3, -0.25) is 4.68 Å². The molecular formula is C10H19N3OS. The minimum atomic E-state index is -0.641. The summed E-state index contributed by atoms with van der Waals surface area (Å²) < 4.78 is 1.83. The van der Waals surface area contributed by atoms with E-state index >= 15 is 0 Å². The summed E-state index contributed by atoms with van der Waals surface area (Å²) >= 11 is 1.65. The Morgan fingerprint density at radius 3 is 2.93 bits per heavy atom. The fourth-order valence-electron chi connectivity index (χ4n) is 1.40. The van der Waals surface area contributed by atoms with Crippen LogP contribution in [0.1, 0.15) is 12.6 Å². The third-order valence-corrected chi connectivity index (χ3v) is 3.10. The van der Waals surface area contributed by atoms with Crippen molar-refractivity contribution in [3.8, 4) is 0 Å². The number of rotatable bonds is 6. The maximum Gasteiger partial charge on any atom is 0.0833 e. The van der Waals surface area contributed by atoms with Crippen molar-refractivity contribution in [1.82, 2.24) is 15.1 Å². The third kappa shape index (κ3) is 4.24. The van der Waals surface area contributed by atoms with Crippen LogP contribution in [0.25, 0.3) is 0 Å². The molecule has 4 nitrogen and oxygen atoms in total. The smallest absolute Gasteiger partial charge is 0.0833 e. The van der Waals surface area contributed by atoms with E-state index in [9.17, 15) is 5.11 Å². The van der Waals surface area contributed by atoms with Crippen LogP contribution in [0.15, 0.2) is 12.3 Å². The molecular weight excluding hydrogens is 210 g/mol. The van der Waals surface area contributed by atoms with E-state index in [1.165, 1.54) is 0 Å². The Morgan fingerprint density at radius 1 is 1.67 bits per heavy atom. The molecule has 0 aliphatic rings. The quantitative estimate of drug-likeness (QED) is 0.751. The monoisotopic (exact) mass is 229 g/mol. The van der Waals surface area contributed by atoms with Gasteiger partial charge in [-0.25, -0.2) is 0 Å². The molecule has 5 heteroatoms. The second-order valence-electron chi connectivity index (χ2n) is 3.98. The highest BCUT2D eigenvalue weighted by Crippen LogP contribution is 2.09. The van der Waals surface area contributed by atoms with Crippen LogP contribution in [0.5, 0.6) is 0 Å². The zero-order valence-electron chi connectivity index (χ0n) is 9.53. The molecule has 0 bridgehead atoms. The van der Waals surface area contributed by atoms with Crippen molar-refractivity contribution in [2.45, 2.75) is 19.1 Å². The molecule has 0 radical (unpaired) electrons. The molecule has 1 aromatic heterocycles. The molecule has 1 rings (SSSR count). The van der Waals surface area contributed by atoms with E-state index in [1.54, 1.807) is 18.0 Å². The fourth-order valence-corrected chi connectivity index (χ4v) is 2.12. The zero-order valence-corrected chi connectivity index (χ0v) is 10.3. The molecule has 1 heterocycles. The minimum absolute atomic E-state index is 0.596. The lowest BCUT2D eigenvalue weighted by Crippen LogP contribution is -2.39. The Balaban J connectivity index is 2.30. The standard InChI is InChI=1S/C10H19N3OS/c1-10(14,8-15-3)7-11-6-9-4-5-12-13(9)2/h4-5,11,14H,6-8H2,1-3H3. The van der Waals surface area contributed by atoms with Crippen molar-refractivity contribution in [1.29, 1.82) is 0 Å². The SMILES string of the molecule is CSCC(C)(O)CNCc1ccnn1C. The number of hydrogen-bond acceptors (Lipinski definition) is 4. The largest absolute Gasteiger partial charge is 0.388 e. The summed E-state index contributed by atoms with van der Waals surface area (Å²) in [4.78, 5) is 0. The molecule has 1 atom stereocenters. The van der Waals surface area contributed by atoms with Crippen LogP contribution in [-0.2, 0) is 13.6 Å². The number of aryl methyl sites for hydroxylation is 1. The summed E-state index contributed by atoms with van der Waals surface area (Å²) in [6.45, 7) is 3.18. The van der Waals surface area contributed by atoms with Gasteiger partial charge >= 0.3 is 0 Å². The Hall–Kier alpha value is -0.520. The van der Waals surface area contributed by atoms with Gasteiger partial charge in [0.2, 0.25) is 0 Å². The van der Waals surface area contributed by atoms with Crippen molar-refractivity contribution in [2.75, 3.05) is 18.6 Å². The first-order valence-corrected chi connectivity index (χ1v) is 6.33. The Kier molecular flexibility index (Phi) is 4.63. The molecule has 0 aliphatic carbocycles. The van der Waals surface area contributed by atoms with Gasteiger partial charge in [0.1, 0.15) is 0 Å². The second-order valence-corrected chi connectivity index (χ2v) is 4.85. The summed E-state index contributed by atoms with van der Waals surface area (Å²) in [7, 11) is 1.91. The fraction of sp³-hybridized carbons (Fsp3) is 0.700. The normalized spacial score (nSPS) is 15.2. The van der Waals surface area contributed by atoms with Gasteiger partial charge in [-0.2, -0.15) is 16.9 Å². The number of hydrogen-bond donors (Lipinski definition) is 2. The van der Waals surface area contributed by atoms with E-state index in [0.717, 1.165) is 18.0 Å². The van der Waals surface area contributed by atoms with Crippen LogP contribution in [0.2, 0.25) is 0 Å². The Morgan fingerprint density at radius 2 is 2.40 bits per heavy atom. The average Bonchev–Trinajstić information content (AvgIpc) is 2.51. The van der Waals surface area contributed by atoms with Gasteiger partial charge < -0.3 is 10.4 Å². The average molecular weight is 229 g/mol. The van der Waals surface area contributed by atoms with Gasteiger partial charge in [0, 0.05) is 32.1 Å². The first-order chi connectivity index (χ1) is 7.05. The van der Waals surface area contributed by atoms with E-state index in [0.29, 0.717) is 6.54 Å². The first kappa shape index (κ1) is 12.5. The number of nitrogens with zero attached hydrogens (tertiary/aromatic N) is 2. The second kappa shape index (κ2) is 5.53. The summed E-state index contributed by atoms with van der Waals surface area (Å²) in [6, 6.07) is 1.97. The lowest BCUT2D eigenvalue weighted by Gasteiger charge is -2.22. The van der Waals surface area contributed by atoms with E-state index in [4.69, 9.17) is 0 Å². The molecule has 1 aromatic rings. The highest BCUT2D eigenvalue weighted by molar-refractivity contribution is 7.98. The highest BCUT2D eigenvalue weighted by atomic mass is 32.2. The van der Waals surface area contributed by atoms with Crippen molar-refractivity contribution >= 4 is 11.8 Å². The first-order valence-electron chi connectivity index (χ1n) is 4.94. The Bertz CT molecular complexity index is 299. The van der Waals surface area contributed by atoms with Crippen LogP contribution >= 0.6 is 11.8 Å². The van der Waals surface area contributed by atoms with Gasteiger partial charge in [0.05, 0.1) is 11.3 Å². The topological polar surface area (TPSA) is 50.1 Å². The van der Waals surface area contributed by atoms with E-state index in [2.05, 4.69) is 10.4 Å². The molecule has 0 aliphatic heterocycles. The summed E-state index contributed by atoms with van der Waals surface area (Å²) in [5.74, 6) is 0.741. The summed E-state index contributed by atoms with van der Waals surface area (Å²) in [6.07, 6.45) is 3.77. The summed E-state index contributed by atoms with van der Waals surface area (Å²) in [5.41, 5.74) is 0.479. The number of aromatic nitrogens is 2. The van der Waals surface area contributed by atoms with E-state index in [1.807, 2.05) is 31.0 Å². The van der Waals surface area contributed by atoms with Gasteiger partial charge in [0.15, 0.2) is 0 Å². The molecule has 0 saturated carbocycles. The molecule has 1 unspecified atom stereocenters. The molecule has 86 valence electrons. The van der Waals surface area contributed by atoms with Crippen molar-refractivity contribution in [3.63, 3.8) is 0 Å². The molecule has 0 spiro atoms. The number of thioether (sulfide) groups is 1. The summed E-state index contributed by atoms with van der Waals surface area (Å²) in [5, 5.41) is 17.2. The number of aliphatic hydroxyl groups is 1. The van der Waals surface area contributed by atoms with E-state index < -0.39 is 5.60 Å². The van der Waals surface area contributed by atoms with E-state index in [-0.39, 0.29) is 0 Å². The molecule has 0 fully saturated rings. The van der Waals surface area contributed by atoms with Gasteiger partial charge in [0.25, 0.3) is 0 Å². The maximum absolute atomic E-state index is 9.91. The predicted octanol–water partition coefficient (Wildman–Crippen LogP) is 0.624. The predicted molar refractivity (Wildman–Crippen MR) is 63.9 cm³/mol.